The highest BCUT2D eigenvalue weighted by Gasteiger charge is 2.58. The number of hydrogen-bond acceptors (Lipinski definition) is 3. The van der Waals surface area contributed by atoms with E-state index in [1.165, 1.54) is 131 Å². The summed E-state index contributed by atoms with van der Waals surface area (Å²) in [6, 6.07) is 86.7. The van der Waals surface area contributed by atoms with Gasteiger partial charge in [-0.15, -0.1) is 0 Å². The fourth-order valence-electron chi connectivity index (χ4n) is 13.8. The number of fused-ring (bicyclic) bond motifs is 7. The lowest BCUT2D eigenvalue weighted by Crippen LogP contribution is -2.61. The van der Waals surface area contributed by atoms with Gasteiger partial charge in [-0.1, -0.05) is 207 Å². The average molecular weight is 952 g/mol. The molecule has 0 aromatic heterocycles. The molecule has 0 radical (unpaired) electrons. The number of rotatable bonds is 7. The van der Waals surface area contributed by atoms with E-state index in [0.717, 1.165) is 17.8 Å². The molecule has 3 aliphatic heterocycles. The van der Waals surface area contributed by atoms with Crippen molar-refractivity contribution in [3.8, 4) is 44.5 Å². The molecule has 14 rings (SSSR count). The standard InChI is InChI=1S/C70H58BN3/c1-47-40-48(2)68-60(41-47)69(3)38-17-18-39-70(69,4)74(68)59-45-65-67-66(46-59)73(58-29-19-28-54(42-58)50-22-11-6-12-23-50)64-44-56(52-26-15-8-16-27-52)32-36-61(64)71(67)62-43-55(51-24-13-7-14-25-51)33-37-63(62)72(65)57-34-30-53(31-35-57)49-20-9-5-10-21-49/h5-16,19-37,40-46H,17-18,38-39H2,1-4H3. The second-order valence-corrected chi connectivity index (χ2v) is 21.7. The fourth-order valence-corrected chi connectivity index (χ4v) is 13.8. The van der Waals surface area contributed by atoms with Crippen LogP contribution in [0.15, 0.2) is 231 Å². The predicted octanol–water partition coefficient (Wildman–Crippen LogP) is 16.8. The number of hydrogen-bond donors (Lipinski definition) is 0. The van der Waals surface area contributed by atoms with E-state index in [4.69, 9.17) is 0 Å². The van der Waals surface area contributed by atoms with Gasteiger partial charge in [0.05, 0.1) is 5.54 Å². The maximum Gasteiger partial charge on any atom is 0.252 e. The van der Waals surface area contributed by atoms with Crippen molar-refractivity contribution >= 4 is 68.6 Å². The van der Waals surface area contributed by atoms with E-state index in [9.17, 15) is 0 Å². The molecule has 356 valence electrons. The highest BCUT2D eigenvalue weighted by atomic mass is 15.3. The summed E-state index contributed by atoms with van der Waals surface area (Å²) in [4.78, 5) is 8.04. The first-order valence-electron chi connectivity index (χ1n) is 26.7. The molecule has 4 heteroatoms. The van der Waals surface area contributed by atoms with Crippen LogP contribution in [-0.2, 0) is 5.41 Å². The molecule has 1 aliphatic carbocycles. The first-order chi connectivity index (χ1) is 36.3. The van der Waals surface area contributed by atoms with Gasteiger partial charge in [-0.2, -0.15) is 0 Å². The molecule has 4 aliphatic rings. The van der Waals surface area contributed by atoms with Gasteiger partial charge in [-0.25, -0.2) is 0 Å². The van der Waals surface area contributed by atoms with E-state index in [1.54, 1.807) is 0 Å². The van der Waals surface area contributed by atoms with E-state index < -0.39 is 0 Å². The van der Waals surface area contributed by atoms with Crippen molar-refractivity contribution < 1.29 is 0 Å². The van der Waals surface area contributed by atoms with Crippen molar-refractivity contribution in [2.75, 3.05) is 14.7 Å². The molecule has 1 fully saturated rings. The molecule has 2 atom stereocenters. The van der Waals surface area contributed by atoms with Crippen LogP contribution in [0.3, 0.4) is 0 Å². The van der Waals surface area contributed by atoms with Gasteiger partial charge in [-0.05, 0) is 154 Å². The summed E-state index contributed by atoms with van der Waals surface area (Å²) < 4.78 is 0. The predicted molar refractivity (Wildman–Crippen MR) is 314 cm³/mol. The van der Waals surface area contributed by atoms with Crippen LogP contribution < -0.4 is 31.1 Å². The van der Waals surface area contributed by atoms with Gasteiger partial charge in [0.15, 0.2) is 0 Å². The molecule has 0 saturated heterocycles. The molecule has 74 heavy (non-hydrogen) atoms. The SMILES string of the molecule is Cc1cc(C)c2c(c1)C1(C)CCCCC1(C)N2c1cc2c3c(c1)N(c1cccc(-c4ccccc4)c1)c1cc(-c4ccccc4)ccc1B3c1cc(-c3ccccc3)ccc1N2c1ccc(-c2ccccc2)cc1. The van der Waals surface area contributed by atoms with E-state index in [0.29, 0.717) is 0 Å². The van der Waals surface area contributed by atoms with Gasteiger partial charge < -0.3 is 14.7 Å². The molecule has 3 nitrogen and oxygen atoms in total. The summed E-state index contributed by atoms with van der Waals surface area (Å²) in [7, 11) is 0. The van der Waals surface area contributed by atoms with Crippen molar-refractivity contribution in [3.63, 3.8) is 0 Å². The Kier molecular flexibility index (Phi) is 10.3. The number of nitrogens with zero attached hydrogens (tertiary/aromatic N) is 3. The first-order valence-corrected chi connectivity index (χ1v) is 26.7. The van der Waals surface area contributed by atoms with E-state index in [2.05, 4.69) is 273 Å². The Morgan fingerprint density at radius 1 is 0.378 bits per heavy atom. The Labute approximate surface area is 437 Å². The van der Waals surface area contributed by atoms with Crippen molar-refractivity contribution in [3.05, 3.63) is 247 Å². The molecule has 10 aromatic carbocycles. The zero-order chi connectivity index (χ0) is 49.7. The van der Waals surface area contributed by atoms with E-state index >= 15 is 0 Å². The van der Waals surface area contributed by atoms with Crippen molar-refractivity contribution in [2.45, 2.75) is 64.3 Å². The van der Waals surface area contributed by atoms with Crippen molar-refractivity contribution in [1.29, 1.82) is 0 Å². The third-order valence-corrected chi connectivity index (χ3v) is 17.5. The minimum absolute atomic E-state index is 0.0265. The van der Waals surface area contributed by atoms with Crippen LogP contribution in [0.5, 0.6) is 0 Å². The lowest BCUT2D eigenvalue weighted by Gasteiger charge is -2.51. The summed E-state index contributed by atoms with van der Waals surface area (Å²) in [6.07, 6.45) is 4.73. The van der Waals surface area contributed by atoms with Crippen LogP contribution in [0.1, 0.15) is 56.2 Å². The summed E-state index contributed by atoms with van der Waals surface area (Å²) in [6.45, 7) is 9.73. The van der Waals surface area contributed by atoms with Gasteiger partial charge in [0, 0.05) is 50.9 Å². The van der Waals surface area contributed by atoms with Gasteiger partial charge in [0.2, 0.25) is 0 Å². The van der Waals surface area contributed by atoms with E-state index in [1.807, 2.05) is 0 Å². The Morgan fingerprint density at radius 2 is 0.892 bits per heavy atom. The monoisotopic (exact) mass is 951 g/mol. The maximum absolute atomic E-state index is 2.82. The van der Waals surface area contributed by atoms with Crippen LogP contribution in [0, 0.1) is 13.8 Å². The van der Waals surface area contributed by atoms with Crippen LogP contribution >= 0.6 is 0 Å². The topological polar surface area (TPSA) is 9.72 Å². The normalized spacial score (nSPS) is 18.1. The Balaban J connectivity index is 1.10. The second-order valence-electron chi connectivity index (χ2n) is 21.7. The third kappa shape index (κ3) is 6.81. The summed E-state index contributed by atoms with van der Waals surface area (Å²) in [5.41, 5.74) is 27.3. The summed E-state index contributed by atoms with van der Waals surface area (Å²) in [5.74, 6) is 0. The van der Waals surface area contributed by atoms with Crippen LogP contribution in [0.4, 0.5) is 45.5 Å². The van der Waals surface area contributed by atoms with Crippen LogP contribution in [-0.4, -0.2) is 12.3 Å². The number of anilines is 8. The number of aryl methyl sites for hydroxylation is 2. The average Bonchev–Trinajstić information content (AvgIpc) is 3.69. The largest absolute Gasteiger partial charge is 0.334 e. The molecule has 0 N–H and O–H groups in total. The van der Waals surface area contributed by atoms with Gasteiger partial charge >= 0.3 is 0 Å². The molecule has 0 spiro atoms. The first kappa shape index (κ1) is 44.4. The molecule has 2 unspecified atom stereocenters. The second kappa shape index (κ2) is 17.1. The molecular weight excluding hydrogens is 894 g/mol. The van der Waals surface area contributed by atoms with Gasteiger partial charge in [-0.3, -0.25) is 0 Å². The van der Waals surface area contributed by atoms with Crippen molar-refractivity contribution in [1.82, 2.24) is 0 Å². The summed E-state index contributed by atoms with van der Waals surface area (Å²) in [5, 5.41) is 0. The Hall–Kier alpha value is -8.34. The maximum atomic E-state index is 2.82. The molecular formula is C70H58BN3. The van der Waals surface area contributed by atoms with Crippen molar-refractivity contribution in [2.24, 2.45) is 0 Å². The molecule has 10 aromatic rings. The highest BCUT2D eigenvalue weighted by Crippen LogP contribution is 2.63. The Bertz CT molecular complexity index is 3800. The smallest absolute Gasteiger partial charge is 0.252 e. The zero-order valence-corrected chi connectivity index (χ0v) is 42.7. The lowest BCUT2D eigenvalue weighted by molar-refractivity contribution is 0.195. The molecule has 0 bridgehead atoms. The fraction of sp³-hybridized carbons (Fsp3) is 0.143. The molecule has 0 amide bonds. The van der Waals surface area contributed by atoms with Gasteiger partial charge in [0.1, 0.15) is 0 Å². The quantitative estimate of drug-likeness (QED) is 0.147. The minimum atomic E-state index is -0.156. The van der Waals surface area contributed by atoms with Crippen LogP contribution in [0.2, 0.25) is 0 Å². The molecule has 1 saturated carbocycles. The minimum Gasteiger partial charge on any atom is -0.334 e. The highest BCUT2D eigenvalue weighted by molar-refractivity contribution is 7.00. The van der Waals surface area contributed by atoms with E-state index in [-0.39, 0.29) is 17.7 Å². The zero-order valence-electron chi connectivity index (χ0n) is 42.7. The lowest BCUT2D eigenvalue weighted by atomic mass is 9.33. The van der Waals surface area contributed by atoms with Gasteiger partial charge in [0.25, 0.3) is 6.71 Å². The molecule has 3 heterocycles. The summed E-state index contributed by atoms with van der Waals surface area (Å²) >= 11 is 0. The third-order valence-electron chi connectivity index (χ3n) is 17.5. The van der Waals surface area contributed by atoms with Crippen LogP contribution in [0.25, 0.3) is 44.5 Å². The number of benzene rings is 10. The Morgan fingerprint density at radius 3 is 1.53 bits per heavy atom.